The van der Waals surface area contributed by atoms with E-state index in [2.05, 4.69) is 18.5 Å². The first-order valence-electron chi connectivity index (χ1n) is 7.79. The Morgan fingerprint density at radius 3 is 1.91 bits per heavy atom. The molecule has 0 fully saturated rings. The van der Waals surface area contributed by atoms with E-state index in [1.165, 1.54) is 0 Å². The smallest absolute Gasteiger partial charge is 0.130 e. The fourth-order valence-electron chi connectivity index (χ4n) is 2.89. The maximum Gasteiger partial charge on any atom is 0.130 e. The summed E-state index contributed by atoms with van der Waals surface area (Å²) in [5.41, 5.74) is 0.857. The first-order chi connectivity index (χ1) is 10.7. The molecule has 2 nitrogen and oxygen atoms in total. The number of benzene rings is 2. The van der Waals surface area contributed by atoms with Gasteiger partial charge in [-0.1, -0.05) is 67.6 Å². The van der Waals surface area contributed by atoms with E-state index in [0.717, 1.165) is 29.8 Å². The number of hydrogen-bond acceptors (Lipinski definition) is 3. The zero-order valence-corrected chi connectivity index (χ0v) is 14.1. The summed E-state index contributed by atoms with van der Waals surface area (Å²) in [6.45, 7) is 2.92. The van der Waals surface area contributed by atoms with E-state index in [-0.39, 0.29) is 6.04 Å². The normalized spacial score (nSPS) is 13.0. The van der Waals surface area contributed by atoms with E-state index in [1.807, 2.05) is 72.4 Å². The number of hydrogen-bond donors (Lipinski definition) is 2. The van der Waals surface area contributed by atoms with Crippen LogP contribution in [-0.4, -0.2) is 29.7 Å². The summed E-state index contributed by atoms with van der Waals surface area (Å²) in [5, 5.41) is 15.2. The van der Waals surface area contributed by atoms with E-state index in [1.54, 1.807) is 0 Å². The van der Waals surface area contributed by atoms with Gasteiger partial charge in [-0.15, -0.1) is 0 Å². The molecule has 1 atom stereocenters. The molecule has 0 aliphatic heterocycles. The molecule has 0 aliphatic rings. The Hall–Kier alpha value is -1.29. The van der Waals surface area contributed by atoms with Gasteiger partial charge in [-0.2, -0.15) is 11.8 Å². The van der Waals surface area contributed by atoms with E-state index < -0.39 is 5.60 Å². The van der Waals surface area contributed by atoms with Crippen LogP contribution in [0.15, 0.2) is 60.7 Å². The van der Waals surface area contributed by atoms with E-state index >= 15 is 0 Å². The second-order valence-corrected chi connectivity index (χ2v) is 6.38. The molecule has 2 N–H and O–H groups in total. The zero-order valence-electron chi connectivity index (χ0n) is 13.3. The van der Waals surface area contributed by atoms with Crippen molar-refractivity contribution in [2.75, 3.05) is 18.6 Å². The van der Waals surface area contributed by atoms with Crippen LogP contribution in [0.4, 0.5) is 0 Å². The van der Waals surface area contributed by atoms with Crippen LogP contribution in [0.1, 0.15) is 24.5 Å². The molecule has 22 heavy (non-hydrogen) atoms. The lowest BCUT2D eigenvalue weighted by molar-refractivity contribution is 0.0365. The molecule has 2 aromatic rings. The summed E-state index contributed by atoms with van der Waals surface area (Å²) in [5.74, 6) is 1.01. The van der Waals surface area contributed by atoms with Crippen molar-refractivity contribution >= 4 is 11.8 Å². The van der Waals surface area contributed by atoms with Crippen LogP contribution in [0.3, 0.4) is 0 Å². The van der Waals surface area contributed by atoms with Crippen molar-refractivity contribution in [1.82, 2.24) is 5.32 Å². The van der Waals surface area contributed by atoms with E-state index in [9.17, 15) is 5.11 Å². The van der Waals surface area contributed by atoms with Crippen LogP contribution in [-0.2, 0) is 5.60 Å². The molecule has 0 saturated heterocycles. The molecule has 3 heteroatoms. The minimum absolute atomic E-state index is 0.0188. The lowest BCUT2D eigenvalue weighted by atomic mass is 9.79. The minimum atomic E-state index is -1.02. The Balaban J connectivity index is 2.48. The van der Waals surface area contributed by atoms with Gasteiger partial charge in [0.1, 0.15) is 5.60 Å². The van der Waals surface area contributed by atoms with Gasteiger partial charge in [-0.05, 0) is 36.1 Å². The lowest BCUT2D eigenvalue weighted by Gasteiger charge is -2.38. The van der Waals surface area contributed by atoms with Crippen LogP contribution in [0, 0.1) is 0 Å². The van der Waals surface area contributed by atoms with Crippen molar-refractivity contribution in [2.24, 2.45) is 0 Å². The van der Waals surface area contributed by atoms with Gasteiger partial charge in [0.2, 0.25) is 0 Å². The quantitative estimate of drug-likeness (QED) is 0.780. The molecule has 0 aliphatic carbocycles. The summed E-state index contributed by atoms with van der Waals surface area (Å²) in [6.07, 6.45) is 3.02. The second kappa shape index (κ2) is 8.37. The summed E-state index contributed by atoms with van der Waals surface area (Å²) in [7, 11) is 0. The fourth-order valence-corrected chi connectivity index (χ4v) is 3.37. The molecule has 0 amide bonds. The third-order valence-corrected chi connectivity index (χ3v) is 4.64. The molecule has 118 valence electrons. The molecular formula is C19H25NOS. The van der Waals surface area contributed by atoms with E-state index in [4.69, 9.17) is 0 Å². The number of aliphatic hydroxyl groups is 1. The first-order valence-corrected chi connectivity index (χ1v) is 9.18. The zero-order chi connectivity index (χ0) is 15.8. The Morgan fingerprint density at radius 2 is 1.50 bits per heavy atom. The van der Waals surface area contributed by atoms with Crippen LogP contribution >= 0.6 is 11.8 Å². The van der Waals surface area contributed by atoms with Crippen LogP contribution in [0.25, 0.3) is 0 Å². The van der Waals surface area contributed by atoms with Gasteiger partial charge in [0.05, 0.1) is 0 Å². The predicted octanol–water partition coefficient (Wildman–Crippen LogP) is 3.65. The Morgan fingerprint density at radius 1 is 1.00 bits per heavy atom. The monoisotopic (exact) mass is 315 g/mol. The highest BCUT2D eigenvalue weighted by Gasteiger charge is 2.39. The highest BCUT2D eigenvalue weighted by molar-refractivity contribution is 7.98. The highest BCUT2D eigenvalue weighted by atomic mass is 32.2. The van der Waals surface area contributed by atoms with Crippen LogP contribution in [0.2, 0.25) is 0 Å². The summed E-state index contributed by atoms with van der Waals surface area (Å²) < 4.78 is 0. The number of likely N-dealkylation sites (N-methyl/N-ethyl adjacent to an activating group) is 1. The van der Waals surface area contributed by atoms with Crippen molar-refractivity contribution in [3.63, 3.8) is 0 Å². The molecule has 0 spiro atoms. The van der Waals surface area contributed by atoms with Crippen LogP contribution in [0.5, 0.6) is 0 Å². The van der Waals surface area contributed by atoms with Gasteiger partial charge in [0, 0.05) is 6.04 Å². The van der Waals surface area contributed by atoms with Gasteiger partial charge in [-0.3, -0.25) is 0 Å². The molecule has 0 aromatic heterocycles. The van der Waals surface area contributed by atoms with Crippen molar-refractivity contribution < 1.29 is 5.11 Å². The summed E-state index contributed by atoms with van der Waals surface area (Å²) in [4.78, 5) is 0. The fraction of sp³-hybridized carbons (Fsp3) is 0.368. The highest BCUT2D eigenvalue weighted by Crippen LogP contribution is 2.34. The third-order valence-electron chi connectivity index (χ3n) is 3.99. The van der Waals surface area contributed by atoms with Crippen molar-refractivity contribution in [3.8, 4) is 0 Å². The van der Waals surface area contributed by atoms with Crippen molar-refractivity contribution in [2.45, 2.75) is 25.0 Å². The van der Waals surface area contributed by atoms with Crippen molar-refractivity contribution in [1.29, 1.82) is 0 Å². The standard InChI is InChI=1S/C19H25NOS/c1-3-20-18(14-15-22-2)19(21,16-10-6-4-7-11-16)17-12-8-5-9-13-17/h4-13,18,20-21H,3,14-15H2,1-2H3/t18-/m0/s1. The summed E-state index contributed by atoms with van der Waals surface area (Å²) >= 11 is 1.81. The van der Waals surface area contributed by atoms with Gasteiger partial charge < -0.3 is 10.4 Å². The van der Waals surface area contributed by atoms with Crippen LogP contribution < -0.4 is 5.32 Å². The van der Waals surface area contributed by atoms with Crippen molar-refractivity contribution in [3.05, 3.63) is 71.8 Å². The Kier molecular flexibility index (Phi) is 6.49. The molecular weight excluding hydrogens is 290 g/mol. The first kappa shape index (κ1) is 17.1. The largest absolute Gasteiger partial charge is 0.379 e. The molecule has 2 aromatic carbocycles. The van der Waals surface area contributed by atoms with Gasteiger partial charge in [-0.25, -0.2) is 0 Å². The third kappa shape index (κ3) is 3.72. The second-order valence-electron chi connectivity index (χ2n) is 5.39. The van der Waals surface area contributed by atoms with Gasteiger partial charge in [0.25, 0.3) is 0 Å². The van der Waals surface area contributed by atoms with Gasteiger partial charge >= 0.3 is 0 Å². The SMILES string of the molecule is CCN[C@@H](CCSC)C(O)(c1ccccc1)c1ccccc1. The lowest BCUT2D eigenvalue weighted by Crippen LogP contribution is -2.49. The molecule has 0 unspecified atom stereocenters. The topological polar surface area (TPSA) is 32.3 Å². The predicted molar refractivity (Wildman–Crippen MR) is 96.3 cm³/mol. The molecule has 2 rings (SSSR count). The van der Waals surface area contributed by atoms with Gasteiger partial charge in [0.15, 0.2) is 0 Å². The number of thioether (sulfide) groups is 1. The number of rotatable bonds is 8. The molecule has 0 heterocycles. The maximum absolute atomic E-state index is 11.7. The average molecular weight is 315 g/mol. The van der Waals surface area contributed by atoms with E-state index in [0.29, 0.717) is 0 Å². The minimum Gasteiger partial charge on any atom is -0.379 e. The average Bonchev–Trinajstić information content (AvgIpc) is 2.59. The maximum atomic E-state index is 11.7. The summed E-state index contributed by atoms with van der Waals surface area (Å²) in [6, 6.07) is 19.9. The Bertz CT molecular complexity index is 504. The Labute approximate surface area is 138 Å². The molecule has 0 radical (unpaired) electrons. The number of nitrogens with one attached hydrogen (secondary N) is 1. The molecule has 0 saturated carbocycles. The molecule has 0 bridgehead atoms.